The Labute approximate surface area is 101 Å². The minimum Gasteiger partial charge on any atom is -0.314 e. The summed E-state index contributed by atoms with van der Waals surface area (Å²) in [6.45, 7) is 9.83. The second-order valence-electron chi connectivity index (χ2n) is 6.17. The van der Waals surface area contributed by atoms with Gasteiger partial charge in [0.25, 0.3) is 0 Å². The largest absolute Gasteiger partial charge is 0.314 e. The lowest BCUT2D eigenvalue weighted by atomic mass is 9.85. The van der Waals surface area contributed by atoms with Crippen molar-refractivity contribution in [3.05, 3.63) is 0 Å². The van der Waals surface area contributed by atoms with Crippen LogP contribution >= 0.6 is 0 Å². The SMILES string of the molecule is CC(C)CN1CCC(NCC2CCC2)CC1. The quantitative estimate of drug-likeness (QED) is 0.772. The Bertz CT molecular complexity index is 191. The Kier molecular flexibility index (Phi) is 4.66. The highest BCUT2D eigenvalue weighted by Crippen LogP contribution is 2.25. The van der Waals surface area contributed by atoms with Crippen LogP contribution < -0.4 is 5.32 Å². The van der Waals surface area contributed by atoms with Crippen LogP contribution in [0, 0.1) is 11.8 Å². The van der Waals surface area contributed by atoms with Gasteiger partial charge in [-0.05, 0) is 57.2 Å². The van der Waals surface area contributed by atoms with Gasteiger partial charge in [0.1, 0.15) is 0 Å². The fraction of sp³-hybridized carbons (Fsp3) is 1.00. The van der Waals surface area contributed by atoms with Crippen molar-refractivity contribution in [3.63, 3.8) is 0 Å². The minimum atomic E-state index is 0.809. The molecule has 0 bridgehead atoms. The molecule has 1 heterocycles. The van der Waals surface area contributed by atoms with E-state index in [0.29, 0.717) is 0 Å². The molecule has 0 spiro atoms. The Morgan fingerprint density at radius 1 is 1.12 bits per heavy atom. The number of likely N-dealkylation sites (tertiary alicyclic amines) is 1. The van der Waals surface area contributed by atoms with Gasteiger partial charge in [-0.15, -0.1) is 0 Å². The average molecular weight is 224 g/mol. The molecule has 16 heavy (non-hydrogen) atoms. The predicted octanol–water partition coefficient (Wildman–Crippen LogP) is 2.50. The summed E-state index contributed by atoms with van der Waals surface area (Å²) in [7, 11) is 0. The molecule has 0 unspecified atom stereocenters. The van der Waals surface area contributed by atoms with Gasteiger partial charge < -0.3 is 10.2 Å². The summed E-state index contributed by atoms with van der Waals surface area (Å²) < 4.78 is 0. The summed E-state index contributed by atoms with van der Waals surface area (Å²) >= 11 is 0. The van der Waals surface area contributed by atoms with E-state index in [-0.39, 0.29) is 0 Å². The summed E-state index contributed by atoms with van der Waals surface area (Å²) in [5, 5.41) is 3.77. The van der Waals surface area contributed by atoms with Crippen LogP contribution in [-0.4, -0.2) is 37.1 Å². The maximum Gasteiger partial charge on any atom is 0.00915 e. The molecule has 0 aromatic heterocycles. The molecule has 0 aromatic carbocycles. The molecule has 2 aliphatic rings. The molecule has 2 rings (SSSR count). The van der Waals surface area contributed by atoms with E-state index < -0.39 is 0 Å². The molecule has 1 aliphatic heterocycles. The van der Waals surface area contributed by atoms with Gasteiger partial charge in [0.15, 0.2) is 0 Å². The van der Waals surface area contributed by atoms with Crippen LogP contribution in [0.1, 0.15) is 46.0 Å². The van der Waals surface area contributed by atoms with E-state index >= 15 is 0 Å². The lowest BCUT2D eigenvalue weighted by molar-refractivity contribution is 0.172. The summed E-state index contributed by atoms with van der Waals surface area (Å²) in [5.41, 5.74) is 0. The first-order valence-electron chi connectivity index (χ1n) is 7.20. The van der Waals surface area contributed by atoms with Crippen molar-refractivity contribution < 1.29 is 0 Å². The Balaban J connectivity index is 1.57. The highest BCUT2D eigenvalue weighted by Gasteiger charge is 2.22. The maximum absolute atomic E-state index is 3.77. The van der Waals surface area contributed by atoms with Crippen LogP contribution in [0.25, 0.3) is 0 Å². The monoisotopic (exact) mass is 224 g/mol. The molecule has 2 nitrogen and oxygen atoms in total. The summed E-state index contributed by atoms with van der Waals surface area (Å²) in [6.07, 6.45) is 7.14. The number of hydrogen-bond donors (Lipinski definition) is 1. The van der Waals surface area contributed by atoms with E-state index in [0.717, 1.165) is 17.9 Å². The molecule has 0 atom stereocenters. The zero-order valence-electron chi connectivity index (χ0n) is 11.0. The molecular formula is C14H28N2. The van der Waals surface area contributed by atoms with E-state index in [9.17, 15) is 0 Å². The third-order valence-corrected chi connectivity index (χ3v) is 4.13. The van der Waals surface area contributed by atoms with Crippen LogP contribution in [0.15, 0.2) is 0 Å². The molecule has 2 fully saturated rings. The Hall–Kier alpha value is -0.0800. The average Bonchev–Trinajstić information content (AvgIpc) is 2.17. The fourth-order valence-corrected chi connectivity index (χ4v) is 2.87. The molecule has 0 amide bonds. The predicted molar refractivity (Wildman–Crippen MR) is 69.6 cm³/mol. The normalized spacial score (nSPS) is 24.9. The number of nitrogens with one attached hydrogen (secondary N) is 1. The van der Waals surface area contributed by atoms with Gasteiger partial charge in [0, 0.05) is 12.6 Å². The molecular weight excluding hydrogens is 196 g/mol. The second kappa shape index (κ2) is 6.02. The third-order valence-electron chi connectivity index (χ3n) is 4.13. The molecule has 1 saturated carbocycles. The summed E-state index contributed by atoms with van der Waals surface area (Å²) in [6, 6.07) is 0.809. The number of rotatable bonds is 5. The smallest absolute Gasteiger partial charge is 0.00915 e. The third kappa shape index (κ3) is 3.74. The van der Waals surface area contributed by atoms with Crippen molar-refractivity contribution in [2.24, 2.45) is 11.8 Å². The molecule has 0 aromatic rings. The van der Waals surface area contributed by atoms with E-state index in [1.54, 1.807) is 0 Å². The minimum absolute atomic E-state index is 0.809. The maximum atomic E-state index is 3.77. The number of piperidine rings is 1. The van der Waals surface area contributed by atoms with Gasteiger partial charge in [-0.2, -0.15) is 0 Å². The standard InChI is InChI=1S/C14H28N2/c1-12(2)11-16-8-6-14(7-9-16)15-10-13-4-3-5-13/h12-15H,3-11H2,1-2H3. The van der Waals surface area contributed by atoms with E-state index in [1.807, 2.05) is 0 Å². The van der Waals surface area contributed by atoms with Crippen molar-refractivity contribution in [1.82, 2.24) is 10.2 Å². The van der Waals surface area contributed by atoms with Crippen LogP contribution in [0.2, 0.25) is 0 Å². The van der Waals surface area contributed by atoms with Gasteiger partial charge in [-0.1, -0.05) is 20.3 Å². The lowest BCUT2D eigenvalue weighted by Gasteiger charge is -2.35. The topological polar surface area (TPSA) is 15.3 Å². The zero-order chi connectivity index (χ0) is 11.4. The number of nitrogens with zero attached hydrogens (tertiary/aromatic N) is 1. The van der Waals surface area contributed by atoms with Crippen molar-refractivity contribution in [2.45, 2.75) is 52.0 Å². The first-order valence-corrected chi connectivity index (χ1v) is 7.20. The Morgan fingerprint density at radius 2 is 1.81 bits per heavy atom. The molecule has 0 radical (unpaired) electrons. The zero-order valence-corrected chi connectivity index (χ0v) is 11.0. The van der Waals surface area contributed by atoms with Gasteiger partial charge in [-0.25, -0.2) is 0 Å². The highest BCUT2D eigenvalue weighted by molar-refractivity contribution is 4.80. The van der Waals surface area contributed by atoms with Crippen molar-refractivity contribution in [2.75, 3.05) is 26.2 Å². The fourth-order valence-electron chi connectivity index (χ4n) is 2.87. The first-order chi connectivity index (χ1) is 7.74. The molecule has 2 heteroatoms. The molecule has 1 N–H and O–H groups in total. The van der Waals surface area contributed by atoms with Crippen molar-refractivity contribution >= 4 is 0 Å². The van der Waals surface area contributed by atoms with E-state index in [4.69, 9.17) is 0 Å². The number of hydrogen-bond acceptors (Lipinski definition) is 2. The van der Waals surface area contributed by atoms with Gasteiger partial charge in [0.05, 0.1) is 0 Å². The first kappa shape index (κ1) is 12.4. The summed E-state index contributed by atoms with van der Waals surface area (Å²) in [4.78, 5) is 2.63. The van der Waals surface area contributed by atoms with Crippen LogP contribution in [-0.2, 0) is 0 Å². The second-order valence-corrected chi connectivity index (χ2v) is 6.17. The highest BCUT2D eigenvalue weighted by atomic mass is 15.1. The van der Waals surface area contributed by atoms with Crippen LogP contribution in [0.3, 0.4) is 0 Å². The van der Waals surface area contributed by atoms with Gasteiger partial charge >= 0.3 is 0 Å². The van der Waals surface area contributed by atoms with E-state index in [2.05, 4.69) is 24.1 Å². The van der Waals surface area contributed by atoms with Crippen molar-refractivity contribution in [3.8, 4) is 0 Å². The van der Waals surface area contributed by atoms with Crippen LogP contribution in [0.4, 0.5) is 0 Å². The molecule has 1 aliphatic carbocycles. The van der Waals surface area contributed by atoms with E-state index in [1.165, 1.54) is 58.3 Å². The van der Waals surface area contributed by atoms with Crippen LogP contribution in [0.5, 0.6) is 0 Å². The lowest BCUT2D eigenvalue weighted by Crippen LogP contribution is -2.45. The van der Waals surface area contributed by atoms with Gasteiger partial charge in [-0.3, -0.25) is 0 Å². The molecule has 1 saturated heterocycles. The van der Waals surface area contributed by atoms with Gasteiger partial charge in [0.2, 0.25) is 0 Å². The summed E-state index contributed by atoms with van der Waals surface area (Å²) in [5.74, 6) is 1.83. The Morgan fingerprint density at radius 3 is 2.31 bits per heavy atom. The molecule has 94 valence electrons. The van der Waals surface area contributed by atoms with Crippen molar-refractivity contribution in [1.29, 1.82) is 0 Å².